The first-order valence-electron chi connectivity index (χ1n) is 7.17. The van der Waals surface area contributed by atoms with Crippen LogP contribution >= 0.6 is 12.4 Å². The molecule has 126 valence electrons. The summed E-state index contributed by atoms with van der Waals surface area (Å²) in [5, 5.41) is 6.04. The van der Waals surface area contributed by atoms with Gasteiger partial charge in [-0.3, -0.25) is 4.79 Å². The normalized spacial score (nSPS) is 12.8. The maximum absolute atomic E-state index is 12.0. The largest absolute Gasteiger partial charge is 0.493 e. The van der Waals surface area contributed by atoms with Crippen LogP contribution in [0.4, 0.5) is 0 Å². The van der Waals surface area contributed by atoms with Gasteiger partial charge in [-0.1, -0.05) is 13.0 Å². The maximum atomic E-state index is 12.0. The molecule has 0 aromatic heterocycles. The third kappa shape index (κ3) is 6.12. The Bertz CT molecular complexity index is 469. The van der Waals surface area contributed by atoms with Crippen LogP contribution in [0.15, 0.2) is 18.2 Å². The van der Waals surface area contributed by atoms with Gasteiger partial charge in [0.1, 0.15) is 0 Å². The van der Waals surface area contributed by atoms with Gasteiger partial charge < -0.3 is 20.1 Å². The fourth-order valence-electron chi connectivity index (χ4n) is 2.20. The molecule has 0 saturated carbocycles. The molecule has 0 aliphatic rings. The number of benzene rings is 1. The Balaban J connectivity index is 0.00000441. The average molecular weight is 331 g/mol. The predicted molar refractivity (Wildman–Crippen MR) is 91.2 cm³/mol. The monoisotopic (exact) mass is 330 g/mol. The highest BCUT2D eigenvalue weighted by atomic mass is 35.5. The Hall–Kier alpha value is -1.46. The molecule has 0 radical (unpaired) electrons. The molecule has 0 spiro atoms. The van der Waals surface area contributed by atoms with Gasteiger partial charge in [0.2, 0.25) is 5.91 Å². The molecule has 0 fully saturated rings. The summed E-state index contributed by atoms with van der Waals surface area (Å²) in [5.74, 6) is 1.44. The fourth-order valence-corrected chi connectivity index (χ4v) is 2.20. The molecule has 0 bridgehead atoms. The molecule has 0 aliphatic carbocycles. The molecule has 0 aliphatic heterocycles. The first kappa shape index (κ1) is 20.5. The Morgan fingerprint density at radius 3 is 2.36 bits per heavy atom. The highest BCUT2D eigenvalue weighted by molar-refractivity contribution is 5.85. The van der Waals surface area contributed by atoms with Gasteiger partial charge in [-0.15, -0.1) is 12.4 Å². The van der Waals surface area contributed by atoms with E-state index in [1.807, 2.05) is 39.1 Å². The topological polar surface area (TPSA) is 59.6 Å². The zero-order valence-corrected chi connectivity index (χ0v) is 14.8. The van der Waals surface area contributed by atoms with Crippen LogP contribution in [0, 0.1) is 5.92 Å². The molecule has 5 nitrogen and oxygen atoms in total. The number of carbonyl (C=O) groups is 1. The Morgan fingerprint density at radius 2 is 1.82 bits per heavy atom. The predicted octanol–water partition coefficient (Wildman–Crippen LogP) is 2.03. The van der Waals surface area contributed by atoms with E-state index in [2.05, 4.69) is 10.6 Å². The summed E-state index contributed by atoms with van der Waals surface area (Å²) in [7, 11) is 5.08. The summed E-state index contributed by atoms with van der Waals surface area (Å²) in [6.45, 7) is 4.59. The number of hydrogen-bond donors (Lipinski definition) is 2. The highest BCUT2D eigenvalue weighted by Gasteiger charge is 2.15. The molecular formula is C16H27ClN2O3. The molecule has 0 saturated heterocycles. The average Bonchev–Trinajstić information content (AvgIpc) is 2.47. The molecule has 1 amide bonds. The zero-order valence-electron chi connectivity index (χ0n) is 13.9. The van der Waals surface area contributed by atoms with Gasteiger partial charge in [0, 0.05) is 18.5 Å². The van der Waals surface area contributed by atoms with Crippen LogP contribution in [0.5, 0.6) is 11.5 Å². The van der Waals surface area contributed by atoms with Crippen molar-refractivity contribution < 1.29 is 14.3 Å². The van der Waals surface area contributed by atoms with Crippen molar-refractivity contribution in [2.24, 2.45) is 5.92 Å². The van der Waals surface area contributed by atoms with Crippen molar-refractivity contribution in [3.63, 3.8) is 0 Å². The van der Waals surface area contributed by atoms with Gasteiger partial charge in [-0.25, -0.2) is 0 Å². The molecule has 2 unspecified atom stereocenters. The van der Waals surface area contributed by atoms with Gasteiger partial charge in [-0.2, -0.15) is 0 Å². The van der Waals surface area contributed by atoms with Crippen molar-refractivity contribution in [2.45, 2.75) is 26.3 Å². The van der Waals surface area contributed by atoms with Crippen molar-refractivity contribution >= 4 is 18.3 Å². The van der Waals surface area contributed by atoms with Crippen LogP contribution in [0.3, 0.4) is 0 Å². The second kappa shape index (κ2) is 10.3. The minimum Gasteiger partial charge on any atom is -0.493 e. The Kier molecular flexibility index (Phi) is 9.61. The summed E-state index contributed by atoms with van der Waals surface area (Å²) in [6, 6.07) is 5.88. The fraction of sp³-hybridized carbons (Fsp3) is 0.562. The lowest BCUT2D eigenvalue weighted by Crippen LogP contribution is -2.40. The molecule has 2 N–H and O–H groups in total. The molecule has 6 heteroatoms. The van der Waals surface area contributed by atoms with E-state index in [4.69, 9.17) is 9.47 Å². The van der Waals surface area contributed by atoms with E-state index in [0.717, 1.165) is 12.0 Å². The Morgan fingerprint density at radius 1 is 1.18 bits per heavy atom. The van der Waals surface area contributed by atoms with Crippen LogP contribution in [-0.2, 0) is 11.2 Å². The summed E-state index contributed by atoms with van der Waals surface area (Å²) < 4.78 is 10.5. The van der Waals surface area contributed by atoms with Gasteiger partial charge >= 0.3 is 0 Å². The SMILES string of the molecule is CNCC(C)C(=O)NC(C)Cc1ccc(OC)c(OC)c1.Cl. The number of amides is 1. The molecule has 1 rings (SSSR count). The number of halogens is 1. The molecular weight excluding hydrogens is 304 g/mol. The van der Waals surface area contributed by atoms with Crippen molar-refractivity contribution in [2.75, 3.05) is 27.8 Å². The number of nitrogens with one attached hydrogen (secondary N) is 2. The molecule has 0 heterocycles. The van der Waals surface area contributed by atoms with Crippen LogP contribution < -0.4 is 20.1 Å². The molecule has 2 atom stereocenters. The number of hydrogen-bond acceptors (Lipinski definition) is 4. The van der Waals surface area contributed by atoms with Crippen LogP contribution in [0.1, 0.15) is 19.4 Å². The van der Waals surface area contributed by atoms with E-state index in [0.29, 0.717) is 18.0 Å². The molecule has 1 aromatic rings. The quantitative estimate of drug-likeness (QED) is 0.765. The van der Waals surface area contributed by atoms with Gasteiger partial charge in [0.15, 0.2) is 11.5 Å². The summed E-state index contributed by atoms with van der Waals surface area (Å²) in [4.78, 5) is 12.0. The van der Waals surface area contributed by atoms with E-state index < -0.39 is 0 Å². The number of rotatable bonds is 8. The smallest absolute Gasteiger partial charge is 0.224 e. The minimum absolute atomic E-state index is 0. The van der Waals surface area contributed by atoms with E-state index in [-0.39, 0.29) is 30.3 Å². The number of carbonyl (C=O) groups excluding carboxylic acids is 1. The summed E-state index contributed by atoms with van der Waals surface area (Å²) in [5.41, 5.74) is 1.10. The lowest BCUT2D eigenvalue weighted by molar-refractivity contribution is -0.124. The van der Waals surface area contributed by atoms with Crippen LogP contribution in [-0.4, -0.2) is 39.8 Å². The maximum Gasteiger partial charge on any atom is 0.224 e. The van der Waals surface area contributed by atoms with Crippen molar-refractivity contribution in [3.8, 4) is 11.5 Å². The lowest BCUT2D eigenvalue weighted by Gasteiger charge is -2.18. The van der Waals surface area contributed by atoms with Gasteiger partial charge in [-0.05, 0) is 38.1 Å². The standard InChI is InChI=1S/C16H26N2O3.ClH/c1-11(10-17-3)16(19)18-12(2)8-13-6-7-14(20-4)15(9-13)21-5;/h6-7,9,11-12,17H,8,10H2,1-5H3,(H,18,19);1H. The lowest BCUT2D eigenvalue weighted by atomic mass is 10.1. The molecule has 22 heavy (non-hydrogen) atoms. The van der Waals surface area contributed by atoms with Crippen LogP contribution in [0.2, 0.25) is 0 Å². The number of methoxy groups -OCH3 is 2. The first-order valence-corrected chi connectivity index (χ1v) is 7.17. The second-order valence-corrected chi connectivity index (χ2v) is 5.26. The minimum atomic E-state index is -0.0390. The van der Waals surface area contributed by atoms with Crippen molar-refractivity contribution in [3.05, 3.63) is 23.8 Å². The van der Waals surface area contributed by atoms with Crippen molar-refractivity contribution in [1.29, 1.82) is 0 Å². The van der Waals surface area contributed by atoms with Gasteiger partial charge in [0.05, 0.1) is 14.2 Å². The van der Waals surface area contributed by atoms with E-state index in [9.17, 15) is 4.79 Å². The summed E-state index contributed by atoms with van der Waals surface area (Å²) in [6.07, 6.45) is 0.748. The highest BCUT2D eigenvalue weighted by Crippen LogP contribution is 2.27. The molecule has 1 aromatic carbocycles. The first-order chi connectivity index (χ1) is 10.0. The third-order valence-corrected chi connectivity index (χ3v) is 3.34. The van der Waals surface area contributed by atoms with Gasteiger partial charge in [0.25, 0.3) is 0 Å². The van der Waals surface area contributed by atoms with E-state index in [1.54, 1.807) is 14.2 Å². The third-order valence-electron chi connectivity index (χ3n) is 3.34. The summed E-state index contributed by atoms with van der Waals surface area (Å²) >= 11 is 0. The van der Waals surface area contributed by atoms with Crippen molar-refractivity contribution in [1.82, 2.24) is 10.6 Å². The van der Waals surface area contributed by atoms with E-state index >= 15 is 0 Å². The second-order valence-electron chi connectivity index (χ2n) is 5.26. The van der Waals surface area contributed by atoms with Crippen LogP contribution in [0.25, 0.3) is 0 Å². The zero-order chi connectivity index (χ0) is 15.8. The number of ether oxygens (including phenoxy) is 2. The van der Waals surface area contributed by atoms with E-state index in [1.165, 1.54) is 0 Å². The Labute approximate surface area is 139 Å².